The summed E-state index contributed by atoms with van der Waals surface area (Å²) in [6.45, 7) is 1.39. The molecule has 150 valence electrons. The second-order valence-electron chi connectivity index (χ2n) is 6.75. The first-order chi connectivity index (χ1) is 13.6. The molecule has 2 aromatic rings. The Labute approximate surface area is 174 Å². The molecule has 1 fully saturated rings. The number of carbonyl (C=O) groups is 1. The first kappa shape index (κ1) is 21.0. The number of methoxy groups -OCH3 is 1. The molecular weight excluding hydrogens is 401 g/mol. The van der Waals surface area contributed by atoms with Crippen LogP contribution in [0.2, 0.25) is 5.02 Å². The van der Waals surface area contributed by atoms with E-state index >= 15 is 0 Å². The van der Waals surface area contributed by atoms with E-state index < -0.39 is 0 Å². The summed E-state index contributed by atoms with van der Waals surface area (Å²) in [6.07, 6.45) is 3.00. The number of halogens is 2. The van der Waals surface area contributed by atoms with Gasteiger partial charge in [-0.3, -0.25) is 4.79 Å². The van der Waals surface area contributed by atoms with Gasteiger partial charge in [0.25, 0.3) is 0 Å². The van der Waals surface area contributed by atoms with Gasteiger partial charge in [0.05, 0.1) is 18.6 Å². The maximum atomic E-state index is 13.1. The number of hydrogen-bond donors (Lipinski definition) is 0. The van der Waals surface area contributed by atoms with Crippen LogP contribution in [0.15, 0.2) is 47.4 Å². The quantitative estimate of drug-likeness (QED) is 0.510. The van der Waals surface area contributed by atoms with E-state index in [2.05, 4.69) is 0 Å². The van der Waals surface area contributed by atoms with Crippen LogP contribution in [0.3, 0.4) is 0 Å². The molecule has 0 N–H and O–H groups in total. The van der Waals surface area contributed by atoms with Crippen LogP contribution in [-0.2, 0) is 16.1 Å². The van der Waals surface area contributed by atoms with Crippen molar-refractivity contribution in [2.45, 2.75) is 30.7 Å². The van der Waals surface area contributed by atoms with Crippen molar-refractivity contribution in [3.8, 4) is 5.75 Å². The SMILES string of the molecule is COCCN(Cc1cc(Cl)ccc1OSc1ccc(F)cc1)C(=O)C1CCC1. The monoisotopic (exact) mass is 423 g/mol. The fourth-order valence-corrected chi connectivity index (χ4v) is 3.71. The highest BCUT2D eigenvalue weighted by atomic mass is 35.5. The van der Waals surface area contributed by atoms with Crippen molar-refractivity contribution in [3.05, 3.63) is 58.9 Å². The molecule has 1 aliphatic rings. The lowest BCUT2D eigenvalue weighted by molar-refractivity contribution is -0.139. The zero-order valence-corrected chi connectivity index (χ0v) is 17.3. The van der Waals surface area contributed by atoms with Crippen molar-refractivity contribution in [2.24, 2.45) is 5.92 Å². The molecule has 0 aromatic heterocycles. The van der Waals surface area contributed by atoms with E-state index in [4.69, 9.17) is 20.5 Å². The fraction of sp³-hybridized carbons (Fsp3) is 0.381. The second-order valence-corrected chi connectivity index (χ2v) is 7.99. The van der Waals surface area contributed by atoms with Crippen LogP contribution in [0.4, 0.5) is 4.39 Å². The average molecular weight is 424 g/mol. The number of carbonyl (C=O) groups excluding carboxylic acids is 1. The summed E-state index contributed by atoms with van der Waals surface area (Å²) in [5.74, 6) is 0.594. The standard InChI is InChI=1S/C21H23ClFNO3S/c1-26-12-11-24(21(25)15-3-2-4-15)14-16-13-17(22)5-10-20(16)27-28-19-8-6-18(23)7-9-19/h5-10,13,15H,2-4,11-12,14H2,1H3. The Morgan fingerprint density at radius 1 is 1.25 bits per heavy atom. The summed E-state index contributed by atoms with van der Waals surface area (Å²) in [5.41, 5.74) is 0.825. The molecule has 1 saturated carbocycles. The third-order valence-electron chi connectivity index (χ3n) is 4.76. The Kier molecular flexibility index (Phi) is 7.59. The van der Waals surface area contributed by atoms with Crippen molar-refractivity contribution in [1.29, 1.82) is 0 Å². The van der Waals surface area contributed by atoms with Gasteiger partial charge in [0.2, 0.25) is 5.91 Å². The van der Waals surface area contributed by atoms with Gasteiger partial charge in [-0.05, 0) is 55.3 Å². The Morgan fingerprint density at radius 3 is 2.64 bits per heavy atom. The minimum absolute atomic E-state index is 0.106. The second kappa shape index (κ2) is 10.1. The average Bonchev–Trinajstić information content (AvgIpc) is 2.64. The van der Waals surface area contributed by atoms with Gasteiger partial charge in [0.1, 0.15) is 11.6 Å². The van der Waals surface area contributed by atoms with Gasteiger partial charge in [0, 0.05) is 41.6 Å². The molecule has 0 saturated heterocycles. The molecule has 1 amide bonds. The molecule has 0 atom stereocenters. The maximum absolute atomic E-state index is 13.1. The third kappa shape index (κ3) is 5.63. The van der Waals surface area contributed by atoms with E-state index in [1.807, 2.05) is 11.0 Å². The molecule has 7 heteroatoms. The van der Waals surface area contributed by atoms with Crippen molar-refractivity contribution in [2.75, 3.05) is 20.3 Å². The van der Waals surface area contributed by atoms with Crippen LogP contribution < -0.4 is 4.18 Å². The first-order valence-corrected chi connectivity index (χ1v) is 10.3. The highest BCUT2D eigenvalue weighted by Gasteiger charge is 2.29. The lowest BCUT2D eigenvalue weighted by Gasteiger charge is -2.32. The molecule has 0 unspecified atom stereocenters. The molecule has 28 heavy (non-hydrogen) atoms. The smallest absolute Gasteiger partial charge is 0.226 e. The van der Waals surface area contributed by atoms with E-state index in [1.165, 1.54) is 12.1 Å². The Hall–Kier alpha value is -1.76. The molecule has 4 nitrogen and oxygen atoms in total. The van der Waals surface area contributed by atoms with Gasteiger partial charge in [-0.15, -0.1) is 0 Å². The van der Waals surface area contributed by atoms with Crippen molar-refractivity contribution in [1.82, 2.24) is 4.90 Å². The van der Waals surface area contributed by atoms with E-state index in [0.29, 0.717) is 30.5 Å². The van der Waals surface area contributed by atoms with E-state index in [1.54, 1.807) is 31.4 Å². The highest BCUT2D eigenvalue weighted by Crippen LogP contribution is 2.32. The van der Waals surface area contributed by atoms with Gasteiger partial charge in [0.15, 0.2) is 0 Å². The van der Waals surface area contributed by atoms with Gasteiger partial charge in [-0.2, -0.15) is 0 Å². The lowest BCUT2D eigenvalue weighted by Crippen LogP contribution is -2.40. The van der Waals surface area contributed by atoms with Crippen molar-refractivity contribution in [3.63, 3.8) is 0 Å². The molecule has 2 aromatic carbocycles. The molecule has 3 rings (SSSR count). The van der Waals surface area contributed by atoms with Gasteiger partial charge in [-0.25, -0.2) is 4.39 Å². The topological polar surface area (TPSA) is 38.8 Å². The summed E-state index contributed by atoms with van der Waals surface area (Å²) in [6, 6.07) is 11.4. The molecule has 0 radical (unpaired) electrons. The first-order valence-electron chi connectivity index (χ1n) is 9.23. The van der Waals surface area contributed by atoms with Crippen molar-refractivity contribution < 1.29 is 18.1 Å². The summed E-state index contributed by atoms with van der Waals surface area (Å²) in [7, 11) is 1.62. The number of benzene rings is 2. The molecule has 1 aliphatic carbocycles. The molecule has 0 heterocycles. The number of ether oxygens (including phenoxy) is 1. The molecule has 0 bridgehead atoms. The van der Waals surface area contributed by atoms with Crippen LogP contribution in [0.5, 0.6) is 5.75 Å². The zero-order valence-electron chi connectivity index (χ0n) is 15.7. The Morgan fingerprint density at radius 2 is 2.00 bits per heavy atom. The minimum atomic E-state index is -0.292. The van der Waals surface area contributed by atoms with Crippen molar-refractivity contribution >= 4 is 29.6 Å². The predicted molar refractivity (Wildman–Crippen MR) is 109 cm³/mol. The van der Waals surface area contributed by atoms with Crippen LogP contribution in [-0.4, -0.2) is 31.1 Å². The molecule has 0 spiro atoms. The van der Waals surface area contributed by atoms with E-state index in [9.17, 15) is 9.18 Å². The summed E-state index contributed by atoms with van der Waals surface area (Å²) in [5, 5.41) is 0.580. The van der Waals surface area contributed by atoms with Gasteiger partial charge >= 0.3 is 0 Å². The zero-order chi connectivity index (χ0) is 19.9. The third-order valence-corrected chi connectivity index (χ3v) is 5.72. The maximum Gasteiger partial charge on any atom is 0.226 e. The van der Waals surface area contributed by atoms with Gasteiger partial charge < -0.3 is 13.8 Å². The summed E-state index contributed by atoms with van der Waals surface area (Å²) < 4.78 is 24.1. The minimum Gasteiger partial charge on any atom is -0.420 e. The Balaban J connectivity index is 1.73. The lowest BCUT2D eigenvalue weighted by atomic mass is 9.84. The van der Waals surface area contributed by atoms with Crippen LogP contribution in [0, 0.1) is 11.7 Å². The van der Waals surface area contributed by atoms with Crippen LogP contribution in [0.25, 0.3) is 0 Å². The molecular formula is C21H23ClFNO3S. The van der Waals surface area contributed by atoms with Crippen LogP contribution in [0.1, 0.15) is 24.8 Å². The van der Waals surface area contributed by atoms with Gasteiger partial charge in [-0.1, -0.05) is 18.0 Å². The largest absolute Gasteiger partial charge is 0.420 e. The number of amides is 1. The van der Waals surface area contributed by atoms with E-state index in [-0.39, 0.29) is 17.6 Å². The summed E-state index contributed by atoms with van der Waals surface area (Å²) >= 11 is 7.33. The number of rotatable bonds is 9. The van der Waals surface area contributed by atoms with Crippen LogP contribution >= 0.6 is 23.6 Å². The Bertz CT molecular complexity index is 799. The number of nitrogens with zero attached hydrogens (tertiary/aromatic N) is 1. The summed E-state index contributed by atoms with van der Waals surface area (Å²) in [4.78, 5) is 15.4. The molecule has 0 aliphatic heterocycles. The predicted octanol–water partition coefficient (Wildman–Crippen LogP) is 5.34. The van der Waals surface area contributed by atoms with E-state index in [0.717, 1.165) is 41.8 Å². The fourth-order valence-electron chi connectivity index (χ4n) is 2.92. The highest BCUT2D eigenvalue weighted by molar-refractivity contribution is 7.95. The number of hydrogen-bond acceptors (Lipinski definition) is 4. The normalized spacial score (nSPS) is 13.8.